The molecular weight excluding hydrogens is 324 g/mol. The molecule has 3 rings (SSSR count). The highest BCUT2D eigenvalue weighted by molar-refractivity contribution is 9.11. The number of carbonyl (C=O) groups is 1. The molecule has 3 nitrogen and oxygen atoms in total. The van der Waals surface area contributed by atoms with Crippen LogP contribution in [0.5, 0.6) is 0 Å². The minimum atomic E-state index is -0.0561. The number of amides is 1. The van der Waals surface area contributed by atoms with Crippen LogP contribution < -0.4 is 10.6 Å². The van der Waals surface area contributed by atoms with E-state index in [2.05, 4.69) is 38.7 Å². The Kier molecular flexibility index (Phi) is 3.68. The molecule has 0 spiro atoms. The van der Waals surface area contributed by atoms with Gasteiger partial charge < -0.3 is 10.6 Å². The number of hydrogen-bond donors (Lipinski definition) is 2. The quantitative estimate of drug-likeness (QED) is 0.882. The summed E-state index contributed by atoms with van der Waals surface area (Å²) in [5.41, 5.74) is 3.50. The molecule has 0 saturated carbocycles. The summed E-state index contributed by atoms with van der Waals surface area (Å²) in [6.07, 6.45) is 1.06. The molecule has 2 heterocycles. The Hall–Kier alpha value is -1.17. The van der Waals surface area contributed by atoms with Gasteiger partial charge in [-0.15, -0.1) is 11.3 Å². The first-order chi connectivity index (χ1) is 9.22. The van der Waals surface area contributed by atoms with E-state index in [4.69, 9.17) is 0 Å². The number of thiophene rings is 1. The van der Waals surface area contributed by atoms with Crippen molar-refractivity contribution in [2.75, 3.05) is 11.9 Å². The van der Waals surface area contributed by atoms with E-state index in [0.717, 1.165) is 29.0 Å². The van der Waals surface area contributed by atoms with E-state index in [1.807, 2.05) is 18.2 Å². The summed E-state index contributed by atoms with van der Waals surface area (Å²) in [6, 6.07) is 9.85. The third kappa shape index (κ3) is 2.88. The van der Waals surface area contributed by atoms with E-state index in [0.29, 0.717) is 4.88 Å². The summed E-state index contributed by atoms with van der Waals surface area (Å²) < 4.78 is 0.965. The van der Waals surface area contributed by atoms with Crippen LogP contribution in [0.25, 0.3) is 0 Å². The normalized spacial score (nSPS) is 13.9. The van der Waals surface area contributed by atoms with Gasteiger partial charge >= 0.3 is 0 Å². The fourth-order valence-corrected chi connectivity index (χ4v) is 3.47. The zero-order valence-corrected chi connectivity index (χ0v) is 12.6. The van der Waals surface area contributed by atoms with Crippen molar-refractivity contribution >= 4 is 38.9 Å². The van der Waals surface area contributed by atoms with Gasteiger partial charge in [-0.1, -0.05) is 6.07 Å². The van der Waals surface area contributed by atoms with Gasteiger partial charge in [0.2, 0.25) is 0 Å². The Balaban J connectivity index is 1.78. The van der Waals surface area contributed by atoms with Crippen molar-refractivity contribution in [2.45, 2.75) is 13.0 Å². The van der Waals surface area contributed by atoms with E-state index in [1.54, 1.807) is 0 Å². The number of nitrogens with one attached hydrogen (secondary N) is 2. The second-order valence-electron chi connectivity index (χ2n) is 4.47. The molecule has 1 aliphatic heterocycles. The minimum Gasteiger partial charge on any atom is -0.321 e. The molecule has 0 unspecified atom stereocenters. The summed E-state index contributed by atoms with van der Waals surface area (Å²) >= 11 is 4.80. The van der Waals surface area contributed by atoms with Gasteiger partial charge in [0.1, 0.15) is 0 Å². The van der Waals surface area contributed by atoms with Crippen molar-refractivity contribution in [1.29, 1.82) is 0 Å². The van der Waals surface area contributed by atoms with Crippen molar-refractivity contribution < 1.29 is 4.79 Å². The highest BCUT2D eigenvalue weighted by Crippen LogP contribution is 2.24. The van der Waals surface area contributed by atoms with Gasteiger partial charge in [0.15, 0.2) is 0 Å². The Labute approximate surface area is 124 Å². The summed E-state index contributed by atoms with van der Waals surface area (Å²) in [7, 11) is 0. The maximum Gasteiger partial charge on any atom is 0.265 e. The van der Waals surface area contributed by atoms with E-state index < -0.39 is 0 Å². The Morgan fingerprint density at radius 1 is 1.26 bits per heavy atom. The second kappa shape index (κ2) is 5.45. The summed E-state index contributed by atoms with van der Waals surface area (Å²) in [5.74, 6) is -0.0561. The minimum absolute atomic E-state index is 0.0561. The Morgan fingerprint density at radius 3 is 2.95 bits per heavy atom. The molecule has 19 heavy (non-hydrogen) atoms. The van der Waals surface area contributed by atoms with Gasteiger partial charge in [0.05, 0.1) is 8.66 Å². The van der Waals surface area contributed by atoms with Crippen molar-refractivity contribution in [3.05, 3.63) is 50.1 Å². The average molecular weight is 337 g/mol. The van der Waals surface area contributed by atoms with Crippen LogP contribution in [-0.4, -0.2) is 12.5 Å². The molecule has 0 bridgehead atoms. The Bertz CT molecular complexity index is 624. The van der Waals surface area contributed by atoms with Crippen molar-refractivity contribution in [2.24, 2.45) is 0 Å². The van der Waals surface area contributed by atoms with Gasteiger partial charge in [0.25, 0.3) is 5.91 Å². The van der Waals surface area contributed by atoms with E-state index in [9.17, 15) is 4.79 Å². The third-order valence-corrected chi connectivity index (χ3v) is 4.77. The van der Waals surface area contributed by atoms with Crippen molar-refractivity contribution in [3.63, 3.8) is 0 Å². The molecule has 0 aliphatic carbocycles. The first-order valence-corrected chi connectivity index (χ1v) is 7.72. The molecule has 2 N–H and O–H groups in total. The zero-order chi connectivity index (χ0) is 13.2. The number of hydrogen-bond acceptors (Lipinski definition) is 3. The van der Waals surface area contributed by atoms with Gasteiger partial charge in [-0.2, -0.15) is 0 Å². The predicted octanol–water partition coefficient (Wildman–Crippen LogP) is 3.41. The smallest absolute Gasteiger partial charge is 0.265 e. The van der Waals surface area contributed by atoms with Crippen LogP contribution in [0.15, 0.2) is 34.1 Å². The summed E-state index contributed by atoms with van der Waals surface area (Å²) in [5, 5.41) is 6.28. The van der Waals surface area contributed by atoms with Crippen LogP contribution in [0.4, 0.5) is 5.69 Å². The lowest BCUT2D eigenvalue weighted by molar-refractivity contribution is 0.103. The standard InChI is InChI=1S/C14H13BrN2OS/c15-13-4-3-12(19-13)14(18)17-11-2-1-9-5-6-16-8-10(9)7-11/h1-4,7,16H,5-6,8H2,(H,17,18). The number of benzene rings is 1. The number of halogens is 1. The van der Waals surface area contributed by atoms with E-state index >= 15 is 0 Å². The highest BCUT2D eigenvalue weighted by atomic mass is 79.9. The Morgan fingerprint density at radius 2 is 2.16 bits per heavy atom. The van der Waals surface area contributed by atoms with Gasteiger partial charge in [-0.25, -0.2) is 0 Å². The van der Waals surface area contributed by atoms with Crippen LogP contribution in [-0.2, 0) is 13.0 Å². The highest BCUT2D eigenvalue weighted by Gasteiger charge is 2.12. The van der Waals surface area contributed by atoms with Crippen LogP contribution >= 0.6 is 27.3 Å². The molecule has 0 fully saturated rings. The molecule has 98 valence electrons. The van der Waals surface area contributed by atoms with Gasteiger partial charge in [-0.3, -0.25) is 4.79 Å². The molecule has 1 aliphatic rings. The molecule has 5 heteroatoms. The lowest BCUT2D eigenvalue weighted by atomic mass is 10.0. The number of carbonyl (C=O) groups excluding carboxylic acids is 1. The summed E-state index contributed by atoms with van der Waals surface area (Å²) in [4.78, 5) is 12.8. The predicted molar refractivity (Wildman–Crippen MR) is 81.8 cm³/mol. The fraction of sp³-hybridized carbons (Fsp3) is 0.214. The van der Waals surface area contributed by atoms with Crippen molar-refractivity contribution in [3.8, 4) is 0 Å². The molecular formula is C14H13BrN2OS. The van der Waals surface area contributed by atoms with Gasteiger partial charge in [0, 0.05) is 12.2 Å². The molecule has 1 aromatic heterocycles. The third-order valence-electron chi connectivity index (χ3n) is 3.15. The molecule has 0 atom stereocenters. The van der Waals surface area contributed by atoms with Crippen LogP contribution in [0.1, 0.15) is 20.8 Å². The fourth-order valence-electron chi connectivity index (χ4n) is 2.19. The van der Waals surface area contributed by atoms with Crippen LogP contribution in [0.2, 0.25) is 0 Å². The van der Waals surface area contributed by atoms with Crippen molar-refractivity contribution in [1.82, 2.24) is 5.32 Å². The molecule has 0 radical (unpaired) electrons. The molecule has 1 aromatic carbocycles. The van der Waals surface area contributed by atoms with Crippen LogP contribution in [0.3, 0.4) is 0 Å². The largest absolute Gasteiger partial charge is 0.321 e. The number of anilines is 1. The maximum atomic E-state index is 12.1. The van der Waals surface area contributed by atoms with Crippen LogP contribution in [0, 0.1) is 0 Å². The van der Waals surface area contributed by atoms with E-state index in [-0.39, 0.29) is 5.91 Å². The zero-order valence-electron chi connectivity index (χ0n) is 10.2. The first kappa shape index (κ1) is 12.8. The topological polar surface area (TPSA) is 41.1 Å². The molecule has 0 saturated heterocycles. The number of fused-ring (bicyclic) bond motifs is 1. The second-order valence-corrected chi connectivity index (χ2v) is 6.93. The van der Waals surface area contributed by atoms with E-state index in [1.165, 1.54) is 22.5 Å². The first-order valence-electron chi connectivity index (χ1n) is 6.11. The molecule has 1 amide bonds. The number of rotatable bonds is 2. The maximum absolute atomic E-state index is 12.1. The van der Waals surface area contributed by atoms with Gasteiger partial charge in [-0.05, 0) is 64.3 Å². The monoisotopic (exact) mass is 336 g/mol. The molecule has 2 aromatic rings. The SMILES string of the molecule is O=C(Nc1ccc2c(c1)CNCC2)c1ccc(Br)s1. The average Bonchev–Trinajstić information content (AvgIpc) is 2.85. The summed E-state index contributed by atoms with van der Waals surface area (Å²) in [6.45, 7) is 1.91. The lowest BCUT2D eigenvalue weighted by Crippen LogP contribution is -2.23. The lowest BCUT2D eigenvalue weighted by Gasteiger charge is -2.18.